The summed E-state index contributed by atoms with van der Waals surface area (Å²) in [6.45, 7) is 0.157. The first kappa shape index (κ1) is 9.43. The molecule has 2 rings (SSSR count). The fourth-order valence-corrected chi connectivity index (χ4v) is 2.45. The number of fused-ring (bicyclic) bond motifs is 1. The number of aromatic nitrogens is 1. The third-order valence-corrected chi connectivity index (χ3v) is 3.10. The number of thiophene rings is 1. The summed E-state index contributed by atoms with van der Waals surface area (Å²) in [6.07, 6.45) is 2.39. The van der Waals surface area contributed by atoms with Gasteiger partial charge in [0.15, 0.2) is 0 Å². The van der Waals surface area contributed by atoms with Crippen molar-refractivity contribution in [2.45, 2.75) is 6.42 Å². The van der Waals surface area contributed by atoms with Crippen molar-refractivity contribution < 1.29 is 9.84 Å². The molecule has 0 bridgehead atoms. The zero-order valence-electron chi connectivity index (χ0n) is 7.86. The minimum Gasteiger partial charge on any atom is -0.481 e. The maximum absolute atomic E-state index is 8.90. The molecule has 0 fully saturated rings. The number of hydrogen-bond donors (Lipinski definition) is 1. The van der Waals surface area contributed by atoms with Crippen molar-refractivity contribution >= 4 is 21.4 Å². The SMILES string of the molecule is COc1nccc2scc(CCO)c12. The van der Waals surface area contributed by atoms with E-state index in [4.69, 9.17) is 9.84 Å². The highest BCUT2D eigenvalue weighted by Crippen LogP contribution is 2.31. The molecule has 14 heavy (non-hydrogen) atoms. The summed E-state index contributed by atoms with van der Waals surface area (Å²) in [7, 11) is 1.61. The summed E-state index contributed by atoms with van der Waals surface area (Å²) >= 11 is 1.65. The number of aliphatic hydroxyl groups is 1. The van der Waals surface area contributed by atoms with Gasteiger partial charge in [-0.15, -0.1) is 11.3 Å². The number of pyridine rings is 1. The van der Waals surface area contributed by atoms with Crippen LogP contribution in [0.5, 0.6) is 5.88 Å². The highest BCUT2D eigenvalue weighted by atomic mass is 32.1. The molecule has 0 aliphatic rings. The van der Waals surface area contributed by atoms with Crippen LogP contribution in [0.15, 0.2) is 17.6 Å². The Morgan fingerprint density at radius 1 is 1.57 bits per heavy atom. The summed E-state index contributed by atoms with van der Waals surface area (Å²) in [6, 6.07) is 1.96. The van der Waals surface area contributed by atoms with Crippen molar-refractivity contribution in [3.8, 4) is 5.88 Å². The molecular weight excluding hydrogens is 198 g/mol. The molecule has 3 nitrogen and oxygen atoms in total. The summed E-state index contributed by atoms with van der Waals surface area (Å²) < 4.78 is 6.34. The Morgan fingerprint density at radius 3 is 3.14 bits per heavy atom. The van der Waals surface area contributed by atoms with Gasteiger partial charge in [0.25, 0.3) is 0 Å². The summed E-state index contributed by atoms with van der Waals surface area (Å²) in [5.74, 6) is 0.646. The molecule has 0 aromatic carbocycles. The van der Waals surface area contributed by atoms with Crippen LogP contribution in [-0.2, 0) is 6.42 Å². The van der Waals surface area contributed by atoms with E-state index in [1.807, 2.05) is 11.4 Å². The van der Waals surface area contributed by atoms with Gasteiger partial charge in [0.1, 0.15) is 0 Å². The Kier molecular flexibility index (Phi) is 2.65. The van der Waals surface area contributed by atoms with Gasteiger partial charge in [-0.1, -0.05) is 0 Å². The van der Waals surface area contributed by atoms with Crippen molar-refractivity contribution in [1.29, 1.82) is 0 Å². The molecule has 0 amide bonds. The summed E-state index contributed by atoms with van der Waals surface area (Å²) in [5, 5.41) is 12.0. The van der Waals surface area contributed by atoms with E-state index in [1.165, 1.54) is 0 Å². The molecule has 4 heteroatoms. The molecule has 0 aliphatic heterocycles. The van der Waals surface area contributed by atoms with Crippen LogP contribution >= 0.6 is 11.3 Å². The van der Waals surface area contributed by atoms with Crippen LogP contribution in [0.1, 0.15) is 5.56 Å². The zero-order chi connectivity index (χ0) is 9.97. The maximum Gasteiger partial charge on any atom is 0.222 e. The lowest BCUT2D eigenvalue weighted by atomic mass is 10.1. The van der Waals surface area contributed by atoms with Gasteiger partial charge in [-0.25, -0.2) is 4.98 Å². The van der Waals surface area contributed by atoms with E-state index >= 15 is 0 Å². The zero-order valence-corrected chi connectivity index (χ0v) is 8.67. The highest BCUT2D eigenvalue weighted by Gasteiger charge is 2.09. The van der Waals surface area contributed by atoms with Crippen LogP contribution < -0.4 is 4.74 Å². The molecule has 0 saturated carbocycles. The second kappa shape index (κ2) is 3.94. The lowest BCUT2D eigenvalue weighted by molar-refractivity contribution is 0.300. The Hall–Kier alpha value is -1.13. The summed E-state index contributed by atoms with van der Waals surface area (Å²) in [4.78, 5) is 4.14. The van der Waals surface area contributed by atoms with E-state index in [9.17, 15) is 0 Å². The van der Waals surface area contributed by atoms with Crippen molar-refractivity contribution in [3.63, 3.8) is 0 Å². The minimum atomic E-state index is 0.157. The van der Waals surface area contributed by atoms with E-state index in [2.05, 4.69) is 4.98 Å². The maximum atomic E-state index is 8.90. The van der Waals surface area contributed by atoms with E-state index in [0.717, 1.165) is 15.6 Å². The number of aliphatic hydroxyl groups excluding tert-OH is 1. The van der Waals surface area contributed by atoms with Crippen LogP contribution in [0.2, 0.25) is 0 Å². The van der Waals surface area contributed by atoms with Crippen LogP contribution in [0, 0.1) is 0 Å². The molecule has 0 atom stereocenters. The van der Waals surface area contributed by atoms with Crippen molar-refractivity contribution in [1.82, 2.24) is 4.98 Å². The molecule has 2 aromatic heterocycles. The second-order valence-corrected chi connectivity index (χ2v) is 3.84. The molecule has 1 N–H and O–H groups in total. The first-order valence-electron chi connectivity index (χ1n) is 4.36. The Labute approximate surface area is 86.0 Å². The minimum absolute atomic E-state index is 0.157. The van der Waals surface area contributed by atoms with Gasteiger partial charge in [0, 0.05) is 17.5 Å². The molecule has 0 unspecified atom stereocenters. The molecule has 2 aromatic rings. The molecule has 2 heterocycles. The van der Waals surface area contributed by atoms with Gasteiger partial charge in [0.2, 0.25) is 5.88 Å². The Bertz CT molecular complexity index is 439. The van der Waals surface area contributed by atoms with E-state index < -0.39 is 0 Å². The number of rotatable bonds is 3. The molecule has 74 valence electrons. The average molecular weight is 209 g/mol. The molecule has 0 saturated heterocycles. The van der Waals surface area contributed by atoms with Gasteiger partial charge >= 0.3 is 0 Å². The number of hydrogen-bond acceptors (Lipinski definition) is 4. The van der Waals surface area contributed by atoms with Crippen molar-refractivity contribution in [2.75, 3.05) is 13.7 Å². The van der Waals surface area contributed by atoms with Crippen LogP contribution in [0.4, 0.5) is 0 Å². The van der Waals surface area contributed by atoms with E-state index in [1.54, 1.807) is 24.6 Å². The predicted octanol–water partition coefficient (Wildman–Crippen LogP) is 1.84. The quantitative estimate of drug-likeness (QED) is 0.838. The monoisotopic (exact) mass is 209 g/mol. The number of methoxy groups -OCH3 is 1. The standard InChI is InChI=1S/C10H11NO2S/c1-13-10-9-7(3-5-12)6-14-8(9)2-4-11-10/h2,4,6,12H,3,5H2,1H3. The van der Waals surface area contributed by atoms with E-state index in [-0.39, 0.29) is 6.61 Å². The number of ether oxygens (including phenoxy) is 1. The average Bonchev–Trinajstić information content (AvgIpc) is 2.62. The first-order valence-corrected chi connectivity index (χ1v) is 5.24. The lowest BCUT2D eigenvalue weighted by Crippen LogP contribution is -1.92. The Morgan fingerprint density at radius 2 is 2.43 bits per heavy atom. The smallest absolute Gasteiger partial charge is 0.222 e. The normalized spacial score (nSPS) is 10.7. The number of nitrogens with zero attached hydrogens (tertiary/aromatic N) is 1. The van der Waals surface area contributed by atoms with Gasteiger partial charge < -0.3 is 9.84 Å². The highest BCUT2D eigenvalue weighted by molar-refractivity contribution is 7.17. The first-order chi connectivity index (χ1) is 6.86. The third-order valence-electron chi connectivity index (χ3n) is 2.10. The molecule has 0 radical (unpaired) electrons. The Balaban J connectivity index is 2.62. The van der Waals surface area contributed by atoms with Crippen LogP contribution in [0.3, 0.4) is 0 Å². The van der Waals surface area contributed by atoms with Crippen molar-refractivity contribution in [2.24, 2.45) is 0 Å². The van der Waals surface area contributed by atoms with Crippen molar-refractivity contribution in [3.05, 3.63) is 23.2 Å². The topological polar surface area (TPSA) is 42.4 Å². The van der Waals surface area contributed by atoms with Gasteiger partial charge in [-0.05, 0) is 23.4 Å². The summed E-state index contributed by atoms with van der Waals surface area (Å²) in [5.41, 5.74) is 1.11. The van der Waals surface area contributed by atoms with Gasteiger partial charge in [0.05, 0.1) is 12.5 Å². The fraction of sp³-hybridized carbons (Fsp3) is 0.300. The second-order valence-electron chi connectivity index (χ2n) is 2.93. The molecule has 0 aliphatic carbocycles. The largest absolute Gasteiger partial charge is 0.481 e. The molecular formula is C10H11NO2S. The predicted molar refractivity (Wildman–Crippen MR) is 57.0 cm³/mol. The van der Waals surface area contributed by atoms with Crippen LogP contribution in [0.25, 0.3) is 10.1 Å². The lowest BCUT2D eigenvalue weighted by Gasteiger charge is -2.02. The fourth-order valence-electron chi connectivity index (χ4n) is 1.47. The van der Waals surface area contributed by atoms with Crippen LogP contribution in [-0.4, -0.2) is 23.8 Å². The van der Waals surface area contributed by atoms with E-state index in [0.29, 0.717) is 12.3 Å². The molecule has 0 spiro atoms. The van der Waals surface area contributed by atoms with Gasteiger partial charge in [-0.3, -0.25) is 0 Å². The van der Waals surface area contributed by atoms with Gasteiger partial charge in [-0.2, -0.15) is 0 Å². The third kappa shape index (κ3) is 1.47.